The number of unbranched alkanes of at least 4 members (excludes halogenated alkanes) is 17. The second kappa shape index (κ2) is 33.6. The first-order valence-electron chi connectivity index (χ1n) is 17.5. The smallest absolute Gasteiger partial charge is 0.306 e. The second-order valence-corrected chi connectivity index (χ2v) is 11.6. The van der Waals surface area contributed by atoms with Crippen LogP contribution in [0.2, 0.25) is 0 Å². The summed E-state index contributed by atoms with van der Waals surface area (Å²) in [5.74, 6) is -0.652. The van der Waals surface area contributed by atoms with Gasteiger partial charge >= 0.3 is 11.9 Å². The Bertz CT molecular complexity index is 682. The second-order valence-electron chi connectivity index (χ2n) is 11.6. The average molecular weight is 591 g/mol. The summed E-state index contributed by atoms with van der Waals surface area (Å²) >= 11 is 0. The Balaban J connectivity index is 3.67. The van der Waals surface area contributed by atoms with Crippen molar-refractivity contribution in [2.45, 2.75) is 174 Å². The van der Waals surface area contributed by atoms with E-state index in [1.165, 1.54) is 96.3 Å². The van der Waals surface area contributed by atoms with Crippen molar-refractivity contribution < 1.29 is 24.2 Å². The number of allylic oxidation sites excluding steroid dienone is 6. The van der Waals surface area contributed by atoms with Gasteiger partial charge in [0.15, 0.2) is 6.10 Å². The molecule has 0 saturated heterocycles. The molecule has 0 aliphatic rings. The molecule has 0 rings (SSSR count). The van der Waals surface area contributed by atoms with Gasteiger partial charge in [0.1, 0.15) is 6.61 Å². The highest BCUT2D eigenvalue weighted by Crippen LogP contribution is 2.13. The van der Waals surface area contributed by atoms with Crippen molar-refractivity contribution in [3.05, 3.63) is 36.5 Å². The lowest BCUT2D eigenvalue weighted by Crippen LogP contribution is -2.28. The zero-order valence-electron chi connectivity index (χ0n) is 27.5. The third-order valence-electron chi connectivity index (χ3n) is 7.44. The van der Waals surface area contributed by atoms with Crippen molar-refractivity contribution in [3.63, 3.8) is 0 Å². The van der Waals surface area contributed by atoms with E-state index in [4.69, 9.17) is 9.47 Å². The molecule has 42 heavy (non-hydrogen) atoms. The van der Waals surface area contributed by atoms with Crippen molar-refractivity contribution in [1.82, 2.24) is 0 Å². The Hall–Kier alpha value is -1.88. The fourth-order valence-electron chi connectivity index (χ4n) is 4.74. The first kappa shape index (κ1) is 40.1. The highest BCUT2D eigenvalue weighted by Gasteiger charge is 2.16. The van der Waals surface area contributed by atoms with E-state index < -0.39 is 6.10 Å². The van der Waals surface area contributed by atoms with Gasteiger partial charge in [-0.2, -0.15) is 0 Å². The molecule has 5 heteroatoms. The van der Waals surface area contributed by atoms with Gasteiger partial charge in [0.05, 0.1) is 6.61 Å². The minimum absolute atomic E-state index is 0.0899. The minimum atomic E-state index is -0.786. The topological polar surface area (TPSA) is 72.8 Å². The molecule has 0 aliphatic carbocycles. The van der Waals surface area contributed by atoms with Crippen LogP contribution in [0.1, 0.15) is 168 Å². The highest BCUT2D eigenvalue weighted by molar-refractivity contribution is 5.70. The van der Waals surface area contributed by atoms with Gasteiger partial charge in [-0.25, -0.2) is 0 Å². The van der Waals surface area contributed by atoms with E-state index in [0.717, 1.165) is 38.5 Å². The van der Waals surface area contributed by atoms with Crippen LogP contribution in [0.5, 0.6) is 0 Å². The number of esters is 2. The van der Waals surface area contributed by atoms with Crippen LogP contribution < -0.4 is 0 Å². The Morgan fingerprint density at radius 2 is 0.976 bits per heavy atom. The Morgan fingerprint density at radius 1 is 0.548 bits per heavy atom. The van der Waals surface area contributed by atoms with E-state index >= 15 is 0 Å². The molecule has 0 amide bonds. The largest absolute Gasteiger partial charge is 0.462 e. The van der Waals surface area contributed by atoms with Gasteiger partial charge in [0.25, 0.3) is 0 Å². The van der Waals surface area contributed by atoms with Gasteiger partial charge < -0.3 is 14.6 Å². The number of hydrogen-bond donors (Lipinski definition) is 1. The van der Waals surface area contributed by atoms with Gasteiger partial charge in [-0.1, -0.05) is 147 Å². The number of aliphatic hydroxyl groups excluding tert-OH is 1. The summed E-state index contributed by atoms with van der Waals surface area (Å²) in [4.78, 5) is 24.1. The lowest BCUT2D eigenvalue weighted by atomic mass is 10.1. The third kappa shape index (κ3) is 31.1. The average Bonchev–Trinajstić information content (AvgIpc) is 2.99. The quantitative estimate of drug-likeness (QED) is 0.0494. The molecule has 0 aromatic carbocycles. The van der Waals surface area contributed by atoms with Gasteiger partial charge in [-0.3, -0.25) is 9.59 Å². The highest BCUT2D eigenvalue weighted by atomic mass is 16.6. The molecule has 0 heterocycles. The summed E-state index contributed by atoms with van der Waals surface area (Å²) in [6.07, 6.45) is 39.2. The fourth-order valence-corrected chi connectivity index (χ4v) is 4.74. The standard InChI is InChI=1S/C37H66O5/c1-3-5-7-9-11-13-15-16-17-18-19-20-22-23-25-27-29-31-36(39)41-34-35(33-38)42-37(40)32-30-28-26-24-21-14-12-10-8-6-4-2/h16-17,19-20,23,25,35,38H,3-15,18,21-22,24,26-34H2,1-2H3. The summed E-state index contributed by atoms with van der Waals surface area (Å²) in [6.45, 7) is 4.06. The molecular weight excluding hydrogens is 524 g/mol. The van der Waals surface area contributed by atoms with E-state index in [1.54, 1.807) is 0 Å². The van der Waals surface area contributed by atoms with Crippen molar-refractivity contribution in [2.24, 2.45) is 0 Å². The Morgan fingerprint density at radius 3 is 1.50 bits per heavy atom. The van der Waals surface area contributed by atoms with Gasteiger partial charge in [0, 0.05) is 12.8 Å². The van der Waals surface area contributed by atoms with Crippen LogP contribution >= 0.6 is 0 Å². The summed E-state index contributed by atoms with van der Waals surface area (Å²) in [5.41, 5.74) is 0. The van der Waals surface area contributed by atoms with Crippen LogP contribution in [0, 0.1) is 0 Å². The molecule has 0 bridgehead atoms. The normalized spacial score (nSPS) is 12.5. The van der Waals surface area contributed by atoms with Gasteiger partial charge in [-0.15, -0.1) is 0 Å². The molecule has 0 fully saturated rings. The van der Waals surface area contributed by atoms with Crippen molar-refractivity contribution in [2.75, 3.05) is 13.2 Å². The lowest BCUT2D eigenvalue weighted by molar-refractivity contribution is -0.161. The molecular formula is C37H66O5. The molecule has 0 aliphatic heterocycles. The van der Waals surface area contributed by atoms with Crippen LogP contribution in [-0.4, -0.2) is 36.4 Å². The van der Waals surface area contributed by atoms with Crippen LogP contribution in [0.3, 0.4) is 0 Å². The molecule has 0 saturated carbocycles. The zero-order chi connectivity index (χ0) is 30.8. The predicted molar refractivity (Wildman–Crippen MR) is 178 cm³/mol. The number of aliphatic hydroxyl groups is 1. The molecule has 1 N–H and O–H groups in total. The van der Waals surface area contributed by atoms with E-state index in [2.05, 4.69) is 50.3 Å². The van der Waals surface area contributed by atoms with Crippen LogP contribution in [0.4, 0.5) is 0 Å². The monoisotopic (exact) mass is 590 g/mol. The molecule has 5 nitrogen and oxygen atoms in total. The molecule has 0 aromatic rings. The summed E-state index contributed by atoms with van der Waals surface area (Å²) in [7, 11) is 0. The van der Waals surface area contributed by atoms with Gasteiger partial charge in [-0.05, 0) is 44.9 Å². The van der Waals surface area contributed by atoms with Crippen molar-refractivity contribution in [3.8, 4) is 0 Å². The molecule has 244 valence electrons. The number of carbonyl (C=O) groups is 2. The fraction of sp³-hybridized carbons (Fsp3) is 0.784. The predicted octanol–water partition coefficient (Wildman–Crippen LogP) is 10.5. The van der Waals surface area contributed by atoms with E-state index in [-0.39, 0.29) is 25.2 Å². The first-order chi connectivity index (χ1) is 20.6. The maximum atomic E-state index is 12.1. The summed E-state index contributed by atoms with van der Waals surface area (Å²) < 4.78 is 10.5. The van der Waals surface area contributed by atoms with E-state index in [9.17, 15) is 14.7 Å². The molecule has 0 radical (unpaired) electrons. The van der Waals surface area contributed by atoms with Crippen LogP contribution in [0.25, 0.3) is 0 Å². The minimum Gasteiger partial charge on any atom is -0.462 e. The van der Waals surface area contributed by atoms with Crippen molar-refractivity contribution in [1.29, 1.82) is 0 Å². The summed E-state index contributed by atoms with van der Waals surface area (Å²) in [6, 6.07) is 0. The zero-order valence-corrected chi connectivity index (χ0v) is 27.5. The molecule has 0 spiro atoms. The van der Waals surface area contributed by atoms with Crippen LogP contribution in [0.15, 0.2) is 36.5 Å². The lowest BCUT2D eigenvalue weighted by Gasteiger charge is -2.15. The SMILES string of the molecule is CCCCCCCCC=CCC=CCC=CCCCC(=O)OCC(CO)OC(=O)CCCCCCCCCCCCC. The maximum absolute atomic E-state index is 12.1. The third-order valence-corrected chi connectivity index (χ3v) is 7.44. The number of carbonyl (C=O) groups excluding carboxylic acids is 2. The Kier molecular flexibility index (Phi) is 32.1. The first-order valence-corrected chi connectivity index (χ1v) is 17.5. The van der Waals surface area contributed by atoms with Gasteiger partial charge in [0.2, 0.25) is 0 Å². The van der Waals surface area contributed by atoms with Crippen LogP contribution in [-0.2, 0) is 19.1 Å². The number of rotatable bonds is 31. The number of ether oxygens (including phenoxy) is 2. The number of hydrogen-bond acceptors (Lipinski definition) is 5. The Labute approximate surface area is 259 Å². The van der Waals surface area contributed by atoms with Crippen molar-refractivity contribution >= 4 is 11.9 Å². The molecule has 1 atom stereocenters. The maximum Gasteiger partial charge on any atom is 0.306 e. The van der Waals surface area contributed by atoms with E-state index in [1.807, 2.05) is 0 Å². The molecule has 0 aromatic heterocycles. The van der Waals surface area contributed by atoms with E-state index in [0.29, 0.717) is 19.3 Å². The molecule has 1 unspecified atom stereocenters. The summed E-state index contributed by atoms with van der Waals surface area (Å²) in [5, 5.41) is 9.49.